The molecule has 110 valence electrons. The molecule has 2 rings (SSSR count). The second kappa shape index (κ2) is 6.70. The van der Waals surface area contributed by atoms with E-state index in [1.165, 1.54) is 17.2 Å². The molecule has 0 saturated heterocycles. The molecule has 0 fully saturated rings. The first-order valence-electron chi connectivity index (χ1n) is 6.71. The van der Waals surface area contributed by atoms with Gasteiger partial charge in [-0.3, -0.25) is 10.1 Å². The van der Waals surface area contributed by atoms with E-state index in [9.17, 15) is 10.1 Å². The molecule has 0 aromatic heterocycles. The number of nitrogens with zero attached hydrogens (tertiary/aromatic N) is 1. The molecule has 0 radical (unpaired) electrons. The highest BCUT2D eigenvalue weighted by Gasteiger charge is 2.17. The summed E-state index contributed by atoms with van der Waals surface area (Å²) in [5, 5.41) is 14.8. The maximum atomic E-state index is 11.1. The Morgan fingerprint density at radius 2 is 1.95 bits per heavy atom. The van der Waals surface area contributed by atoms with Crippen molar-refractivity contribution in [3.63, 3.8) is 0 Å². The van der Waals surface area contributed by atoms with Crippen LogP contribution >= 0.6 is 11.6 Å². The fourth-order valence-corrected chi connectivity index (χ4v) is 2.57. The number of nitro groups is 1. The quantitative estimate of drug-likeness (QED) is 0.657. The summed E-state index contributed by atoms with van der Waals surface area (Å²) in [5.74, 6) is 0. The van der Waals surface area contributed by atoms with Gasteiger partial charge >= 0.3 is 0 Å². The zero-order valence-corrected chi connectivity index (χ0v) is 12.7. The van der Waals surface area contributed by atoms with Crippen LogP contribution in [0.25, 0.3) is 0 Å². The van der Waals surface area contributed by atoms with Crippen LogP contribution in [0.15, 0.2) is 42.5 Å². The van der Waals surface area contributed by atoms with Gasteiger partial charge in [-0.2, -0.15) is 0 Å². The normalized spacial score (nSPS) is 12.1. The molecule has 2 aromatic rings. The van der Waals surface area contributed by atoms with Gasteiger partial charge in [0, 0.05) is 18.7 Å². The molecule has 0 bridgehead atoms. The van der Waals surface area contributed by atoms with Crippen molar-refractivity contribution in [2.45, 2.75) is 26.4 Å². The van der Waals surface area contributed by atoms with E-state index in [2.05, 4.69) is 5.32 Å². The summed E-state index contributed by atoms with van der Waals surface area (Å²) < 4.78 is 0. The number of nitro benzene ring substituents is 1. The molecular formula is C16H17ClN2O2. The van der Waals surface area contributed by atoms with E-state index in [4.69, 9.17) is 11.6 Å². The van der Waals surface area contributed by atoms with Crippen molar-refractivity contribution < 1.29 is 4.92 Å². The third kappa shape index (κ3) is 3.60. The van der Waals surface area contributed by atoms with Gasteiger partial charge in [-0.05, 0) is 31.0 Å². The van der Waals surface area contributed by atoms with Gasteiger partial charge in [0.25, 0.3) is 5.69 Å². The minimum absolute atomic E-state index is 0.0481. The molecule has 0 aliphatic carbocycles. The summed E-state index contributed by atoms with van der Waals surface area (Å²) in [6.07, 6.45) is 0. The first-order valence-corrected chi connectivity index (χ1v) is 7.09. The molecular weight excluding hydrogens is 288 g/mol. The Morgan fingerprint density at radius 1 is 1.24 bits per heavy atom. The lowest BCUT2D eigenvalue weighted by molar-refractivity contribution is -0.385. The molecule has 21 heavy (non-hydrogen) atoms. The highest BCUT2D eigenvalue weighted by molar-refractivity contribution is 6.31. The Morgan fingerprint density at radius 3 is 2.62 bits per heavy atom. The topological polar surface area (TPSA) is 55.2 Å². The first-order chi connectivity index (χ1) is 10.0. The number of halogens is 1. The average molecular weight is 305 g/mol. The minimum atomic E-state index is -0.401. The van der Waals surface area contributed by atoms with Gasteiger partial charge in [-0.1, -0.05) is 41.9 Å². The van der Waals surface area contributed by atoms with Crippen LogP contribution in [0.3, 0.4) is 0 Å². The monoisotopic (exact) mass is 304 g/mol. The third-order valence-corrected chi connectivity index (χ3v) is 3.88. The standard InChI is InChI=1S/C16H17ClN2O2/c1-11-6-3-4-7-13(11)12(2)18-10-14-15(17)8-5-9-16(14)19(20)21/h3-9,12,18H,10H2,1-2H3. The van der Waals surface area contributed by atoms with Crippen molar-refractivity contribution >= 4 is 17.3 Å². The van der Waals surface area contributed by atoms with Crippen LogP contribution in [0.5, 0.6) is 0 Å². The zero-order chi connectivity index (χ0) is 15.4. The van der Waals surface area contributed by atoms with Crippen LogP contribution in [-0.4, -0.2) is 4.92 Å². The first kappa shape index (κ1) is 15.5. The summed E-state index contributed by atoms with van der Waals surface area (Å²) in [5.41, 5.74) is 2.93. The van der Waals surface area contributed by atoms with E-state index in [0.29, 0.717) is 17.1 Å². The maximum absolute atomic E-state index is 11.1. The number of benzene rings is 2. The van der Waals surface area contributed by atoms with E-state index in [1.807, 2.05) is 38.1 Å². The van der Waals surface area contributed by atoms with Crippen LogP contribution in [-0.2, 0) is 6.54 Å². The Labute approximate surface area is 128 Å². The molecule has 0 spiro atoms. The van der Waals surface area contributed by atoms with Crippen LogP contribution in [0.1, 0.15) is 29.7 Å². The molecule has 0 saturated carbocycles. The summed E-state index contributed by atoms with van der Waals surface area (Å²) in [7, 11) is 0. The average Bonchev–Trinajstić information content (AvgIpc) is 2.45. The highest BCUT2D eigenvalue weighted by Crippen LogP contribution is 2.27. The molecule has 4 nitrogen and oxygen atoms in total. The molecule has 2 aromatic carbocycles. The zero-order valence-electron chi connectivity index (χ0n) is 12.0. The smallest absolute Gasteiger partial charge is 0.275 e. The van der Waals surface area contributed by atoms with Crippen molar-refractivity contribution in [2.24, 2.45) is 0 Å². The van der Waals surface area contributed by atoms with Gasteiger partial charge in [0.05, 0.1) is 15.5 Å². The van der Waals surface area contributed by atoms with Gasteiger partial charge in [0.2, 0.25) is 0 Å². The second-order valence-electron chi connectivity index (χ2n) is 4.95. The molecule has 0 heterocycles. The lowest BCUT2D eigenvalue weighted by Gasteiger charge is -2.17. The van der Waals surface area contributed by atoms with Gasteiger partial charge < -0.3 is 5.32 Å². The van der Waals surface area contributed by atoms with Crippen molar-refractivity contribution in [1.29, 1.82) is 0 Å². The molecule has 0 amide bonds. The Kier molecular flexibility index (Phi) is 4.94. The highest BCUT2D eigenvalue weighted by atomic mass is 35.5. The third-order valence-electron chi connectivity index (χ3n) is 3.53. The number of hydrogen-bond acceptors (Lipinski definition) is 3. The molecule has 0 aliphatic heterocycles. The lowest BCUT2D eigenvalue weighted by Crippen LogP contribution is -2.19. The van der Waals surface area contributed by atoms with E-state index >= 15 is 0 Å². The van der Waals surface area contributed by atoms with Crippen LogP contribution in [0, 0.1) is 17.0 Å². The van der Waals surface area contributed by atoms with Crippen molar-refractivity contribution in [3.8, 4) is 0 Å². The summed E-state index contributed by atoms with van der Waals surface area (Å²) >= 11 is 6.09. The van der Waals surface area contributed by atoms with Crippen LogP contribution in [0.2, 0.25) is 5.02 Å². The molecule has 5 heteroatoms. The Bertz CT molecular complexity index is 658. The fraction of sp³-hybridized carbons (Fsp3) is 0.250. The van der Waals surface area contributed by atoms with Crippen molar-refractivity contribution in [2.75, 3.05) is 0 Å². The second-order valence-corrected chi connectivity index (χ2v) is 5.36. The number of aryl methyl sites for hydroxylation is 1. The molecule has 1 atom stereocenters. The van der Waals surface area contributed by atoms with E-state index in [-0.39, 0.29) is 11.7 Å². The van der Waals surface area contributed by atoms with E-state index in [1.54, 1.807) is 12.1 Å². The molecule has 1 unspecified atom stereocenters. The van der Waals surface area contributed by atoms with Crippen LogP contribution < -0.4 is 5.32 Å². The van der Waals surface area contributed by atoms with E-state index in [0.717, 1.165) is 0 Å². The van der Waals surface area contributed by atoms with Gasteiger partial charge in [0.15, 0.2) is 0 Å². The molecule has 1 N–H and O–H groups in total. The Balaban J connectivity index is 2.17. The summed E-state index contributed by atoms with van der Waals surface area (Å²) in [6.45, 7) is 4.43. The Hall–Kier alpha value is -1.91. The van der Waals surface area contributed by atoms with Crippen molar-refractivity contribution in [3.05, 3.63) is 74.3 Å². The van der Waals surface area contributed by atoms with Crippen molar-refractivity contribution in [1.82, 2.24) is 5.32 Å². The SMILES string of the molecule is Cc1ccccc1C(C)NCc1c(Cl)cccc1[N+](=O)[O-]. The van der Waals surface area contributed by atoms with Gasteiger partial charge in [-0.15, -0.1) is 0 Å². The summed E-state index contributed by atoms with van der Waals surface area (Å²) in [4.78, 5) is 10.7. The lowest BCUT2D eigenvalue weighted by atomic mass is 10.0. The van der Waals surface area contributed by atoms with Gasteiger partial charge in [-0.25, -0.2) is 0 Å². The molecule has 0 aliphatic rings. The summed E-state index contributed by atoms with van der Waals surface area (Å²) in [6, 6.07) is 12.9. The van der Waals surface area contributed by atoms with Crippen LogP contribution in [0.4, 0.5) is 5.69 Å². The maximum Gasteiger partial charge on any atom is 0.275 e. The predicted molar refractivity (Wildman–Crippen MR) is 84.5 cm³/mol. The minimum Gasteiger partial charge on any atom is -0.306 e. The number of hydrogen-bond donors (Lipinski definition) is 1. The number of rotatable bonds is 5. The fourth-order valence-electron chi connectivity index (χ4n) is 2.33. The van der Waals surface area contributed by atoms with E-state index < -0.39 is 4.92 Å². The van der Waals surface area contributed by atoms with Gasteiger partial charge in [0.1, 0.15) is 0 Å². The largest absolute Gasteiger partial charge is 0.306 e. The number of nitrogens with one attached hydrogen (secondary N) is 1. The predicted octanol–water partition coefficient (Wildman–Crippen LogP) is 4.41.